The first-order chi connectivity index (χ1) is 13.4. The summed E-state index contributed by atoms with van der Waals surface area (Å²) in [5.41, 5.74) is 2.05. The number of hydrogen-bond donors (Lipinski definition) is 1. The summed E-state index contributed by atoms with van der Waals surface area (Å²) in [7, 11) is 1.29. The summed E-state index contributed by atoms with van der Waals surface area (Å²) in [5, 5.41) is 2.74. The number of ketones is 2. The van der Waals surface area contributed by atoms with Crippen molar-refractivity contribution >= 4 is 23.4 Å². The first-order valence-electron chi connectivity index (χ1n) is 9.08. The van der Waals surface area contributed by atoms with E-state index in [0.717, 1.165) is 11.1 Å². The maximum Gasteiger partial charge on any atom is 0.331 e. The van der Waals surface area contributed by atoms with E-state index in [2.05, 4.69) is 5.32 Å². The van der Waals surface area contributed by atoms with Gasteiger partial charge in [-0.1, -0.05) is 24.3 Å². The van der Waals surface area contributed by atoms with Crippen molar-refractivity contribution < 1.29 is 23.9 Å². The molecule has 0 fully saturated rings. The third-order valence-electron chi connectivity index (χ3n) is 5.55. The lowest BCUT2D eigenvalue weighted by molar-refractivity contribution is -0.151. The summed E-state index contributed by atoms with van der Waals surface area (Å²) in [6.07, 6.45) is 1.07. The molecule has 0 saturated heterocycles. The van der Waals surface area contributed by atoms with Gasteiger partial charge in [-0.05, 0) is 36.1 Å². The van der Waals surface area contributed by atoms with Crippen molar-refractivity contribution in [2.24, 2.45) is 0 Å². The zero-order valence-electron chi connectivity index (χ0n) is 15.6. The highest BCUT2D eigenvalue weighted by atomic mass is 16.5. The summed E-state index contributed by atoms with van der Waals surface area (Å²) in [4.78, 5) is 50.0. The third-order valence-corrected chi connectivity index (χ3v) is 5.55. The lowest BCUT2D eigenvalue weighted by Gasteiger charge is -2.36. The number of fused-ring (bicyclic) bond motifs is 3. The van der Waals surface area contributed by atoms with Gasteiger partial charge in [0.2, 0.25) is 5.91 Å². The fourth-order valence-electron chi connectivity index (χ4n) is 4.26. The summed E-state index contributed by atoms with van der Waals surface area (Å²) >= 11 is 0. The quantitative estimate of drug-likeness (QED) is 0.690. The largest absolute Gasteiger partial charge is 0.467 e. The van der Waals surface area contributed by atoms with Crippen LogP contribution in [0.2, 0.25) is 0 Å². The van der Waals surface area contributed by atoms with Gasteiger partial charge in [-0.2, -0.15) is 0 Å². The molecule has 6 nitrogen and oxygen atoms in total. The molecule has 2 aromatic rings. The van der Waals surface area contributed by atoms with Crippen LogP contribution in [0, 0.1) is 0 Å². The van der Waals surface area contributed by atoms with Gasteiger partial charge < -0.3 is 10.1 Å². The number of aryl methyl sites for hydroxylation is 1. The van der Waals surface area contributed by atoms with Crippen LogP contribution in [0.3, 0.4) is 0 Å². The molecule has 6 heteroatoms. The Morgan fingerprint density at radius 2 is 1.54 bits per heavy atom. The number of carbonyl (C=O) groups excluding carboxylic acids is 4. The monoisotopic (exact) mass is 377 g/mol. The molecule has 0 saturated carbocycles. The number of benzene rings is 2. The molecule has 1 atom stereocenters. The number of amides is 1. The van der Waals surface area contributed by atoms with Crippen molar-refractivity contribution in [3.8, 4) is 0 Å². The molecule has 2 aliphatic carbocycles. The third kappa shape index (κ3) is 2.64. The smallest absolute Gasteiger partial charge is 0.331 e. The molecule has 1 unspecified atom stereocenters. The van der Waals surface area contributed by atoms with Gasteiger partial charge in [-0.3, -0.25) is 14.4 Å². The maximum absolute atomic E-state index is 13.0. The number of carbonyl (C=O) groups is 4. The number of rotatable bonds is 2. The number of esters is 1. The summed E-state index contributed by atoms with van der Waals surface area (Å²) in [6, 6.07) is 10.2. The maximum atomic E-state index is 13.0. The molecule has 2 aliphatic rings. The molecular weight excluding hydrogens is 358 g/mol. The fraction of sp³-hybridized carbons (Fsp3) is 0.273. The fourth-order valence-corrected chi connectivity index (χ4v) is 4.26. The minimum Gasteiger partial charge on any atom is -0.467 e. The Labute approximate surface area is 161 Å². The first-order valence-corrected chi connectivity index (χ1v) is 9.08. The molecule has 0 heterocycles. The minimum absolute atomic E-state index is 0.167. The molecule has 1 amide bonds. The van der Waals surface area contributed by atoms with Crippen LogP contribution in [0.25, 0.3) is 0 Å². The molecular formula is C22H19NO5. The van der Waals surface area contributed by atoms with E-state index >= 15 is 0 Å². The molecule has 28 heavy (non-hydrogen) atoms. The average Bonchev–Trinajstić information content (AvgIpc) is 2.69. The van der Waals surface area contributed by atoms with Crippen molar-refractivity contribution in [2.45, 2.75) is 31.7 Å². The Hall–Kier alpha value is -3.28. The molecule has 0 aliphatic heterocycles. The van der Waals surface area contributed by atoms with Crippen LogP contribution in [0.5, 0.6) is 0 Å². The number of methoxy groups -OCH3 is 1. The normalized spacial score (nSPS) is 19.9. The van der Waals surface area contributed by atoms with E-state index in [-0.39, 0.29) is 23.9 Å². The average molecular weight is 377 g/mol. The molecule has 4 rings (SSSR count). The Morgan fingerprint density at radius 3 is 2.07 bits per heavy atom. The van der Waals surface area contributed by atoms with Crippen molar-refractivity contribution in [3.63, 3.8) is 0 Å². The van der Waals surface area contributed by atoms with E-state index in [1.807, 2.05) is 0 Å². The zero-order valence-corrected chi connectivity index (χ0v) is 15.6. The standard InChI is InChI=1S/C22H19NO5/c1-12(24)23-22(21(27)28-2)8-7-13-9-17-18(10-14(13)11-22)20(26)16-6-4-3-5-15(16)19(17)25/h3-6,9-10H,7-8,11H2,1-2H3,(H,23,24). The van der Waals surface area contributed by atoms with Gasteiger partial charge >= 0.3 is 5.97 Å². The van der Waals surface area contributed by atoms with Crippen molar-refractivity contribution in [3.05, 3.63) is 69.8 Å². The molecule has 2 aromatic carbocycles. The van der Waals surface area contributed by atoms with E-state index in [9.17, 15) is 19.2 Å². The van der Waals surface area contributed by atoms with Crippen LogP contribution in [0.1, 0.15) is 56.3 Å². The number of ether oxygens (including phenoxy) is 1. The van der Waals surface area contributed by atoms with Crippen molar-refractivity contribution in [1.29, 1.82) is 0 Å². The van der Waals surface area contributed by atoms with Crippen LogP contribution in [-0.4, -0.2) is 36.1 Å². The summed E-state index contributed by atoms with van der Waals surface area (Å²) in [6.45, 7) is 1.35. The van der Waals surface area contributed by atoms with Crippen LogP contribution in [0.15, 0.2) is 36.4 Å². The molecule has 0 bridgehead atoms. The Bertz CT molecular complexity index is 1050. The van der Waals surface area contributed by atoms with Gasteiger partial charge in [0.25, 0.3) is 0 Å². The lowest BCUT2D eigenvalue weighted by atomic mass is 9.74. The van der Waals surface area contributed by atoms with E-state index in [0.29, 0.717) is 35.1 Å². The van der Waals surface area contributed by atoms with E-state index in [1.54, 1.807) is 36.4 Å². The Kier molecular flexibility index (Phi) is 4.14. The van der Waals surface area contributed by atoms with Crippen LogP contribution >= 0.6 is 0 Å². The van der Waals surface area contributed by atoms with Gasteiger partial charge in [-0.15, -0.1) is 0 Å². The van der Waals surface area contributed by atoms with Crippen molar-refractivity contribution in [1.82, 2.24) is 5.32 Å². The molecule has 142 valence electrons. The second-order valence-corrected chi connectivity index (χ2v) is 7.30. The molecule has 0 spiro atoms. The van der Waals surface area contributed by atoms with Crippen LogP contribution in [-0.2, 0) is 27.2 Å². The Balaban J connectivity index is 1.81. The predicted molar refractivity (Wildman–Crippen MR) is 100 cm³/mol. The number of hydrogen-bond acceptors (Lipinski definition) is 5. The molecule has 0 radical (unpaired) electrons. The van der Waals surface area contributed by atoms with Gasteiger partial charge in [0, 0.05) is 35.6 Å². The SMILES string of the molecule is COC(=O)C1(NC(C)=O)CCc2cc3c(cc2C1)C(=O)c1ccccc1C3=O. The predicted octanol–water partition coefficient (Wildman–Crippen LogP) is 2.00. The highest BCUT2D eigenvalue weighted by Crippen LogP contribution is 2.35. The van der Waals surface area contributed by atoms with E-state index in [4.69, 9.17) is 4.74 Å². The second kappa shape index (κ2) is 6.41. The number of nitrogens with one attached hydrogen (secondary N) is 1. The van der Waals surface area contributed by atoms with Gasteiger partial charge in [0.05, 0.1) is 7.11 Å². The van der Waals surface area contributed by atoms with E-state index < -0.39 is 11.5 Å². The van der Waals surface area contributed by atoms with Gasteiger partial charge in [0.15, 0.2) is 11.6 Å². The summed E-state index contributed by atoms with van der Waals surface area (Å²) < 4.78 is 4.93. The second-order valence-electron chi connectivity index (χ2n) is 7.30. The molecule has 0 aromatic heterocycles. The van der Waals surface area contributed by atoms with E-state index in [1.165, 1.54) is 14.0 Å². The topological polar surface area (TPSA) is 89.5 Å². The van der Waals surface area contributed by atoms with Crippen LogP contribution < -0.4 is 5.32 Å². The highest BCUT2D eigenvalue weighted by molar-refractivity contribution is 6.28. The van der Waals surface area contributed by atoms with Crippen molar-refractivity contribution in [2.75, 3.05) is 7.11 Å². The minimum atomic E-state index is -1.17. The zero-order chi connectivity index (χ0) is 20.1. The highest BCUT2D eigenvalue weighted by Gasteiger charge is 2.44. The summed E-state index contributed by atoms with van der Waals surface area (Å²) in [5.74, 6) is -1.22. The lowest BCUT2D eigenvalue weighted by Crippen LogP contribution is -2.57. The van der Waals surface area contributed by atoms with Gasteiger partial charge in [-0.25, -0.2) is 4.79 Å². The van der Waals surface area contributed by atoms with Gasteiger partial charge in [0.1, 0.15) is 5.54 Å². The van der Waals surface area contributed by atoms with Crippen LogP contribution in [0.4, 0.5) is 0 Å². The molecule has 1 N–H and O–H groups in total. The first kappa shape index (κ1) is 18.1. The Morgan fingerprint density at radius 1 is 0.964 bits per heavy atom.